The molecule has 1 rings (SSSR count). The van der Waals surface area contributed by atoms with E-state index in [-0.39, 0.29) is 0 Å². The van der Waals surface area contributed by atoms with Crippen molar-refractivity contribution in [3.8, 4) is 0 Å². The van der Waals surface area contributed by atoms with Crippen LogP contribution < -0.4 is 5.32 Å². The van der Waals surface area contributed by atoms with E-state index in [1.54, 1.807) is 6.07 Å². The van der Waals surface area contributed by atoms with Gasteiger partial charge in [0.25, 0.3) is 0 Å². The van der Waals surface area contributed by atoms with Crippen molar-refractivity contribution >= 4 is 17.4 Å². The highest BCUT2D eigenvalue weighted by molar-refractivity contribution is 6.29. The first-order chi connectivity index (χ1) is 8.92. The molecule has 1 aromatic heterocycles. The van der Waals surface area contributed by atoms with Gasteiger partial charge in [0, 0.05) is 25.1 Å². The van der Waals surface area contributed by atoms with Crippen molar-refractivity contribution in [3.63, 3.8) is 0 Å². The first kappa shape index (κ1) is 16.2. The summed E-state index contributed by atoms with van der Waals surface area (Å²) in [6, 6.07) is 2.14. The molecule has 0 amide bonds. The maximum Gasteiger partial charge on any atom is 0.134 e. The van der Waals surface area contributed by atoms with Crippen LogP contribution in [0.2, 0.25) is 5.15 Å². The molecule has 5 heteroatoms. The van der Waals surface area contributed by atoms with Crippen molar-refractivity contribution in [2.24, 2.45) is 5.92 Å². The Kier molecular flexibility index (Phi) is 6.52. The summed E-state index contributed by atoms with van der Waals surface area (Å²) in [6.07, 6.45) is 1.88. The molecule has 0 aromatic carbocycles. The van der Waals surface area contributed by atoms with Gasteiger partial charge in [-0.3, -0.25) is 0 Å². The number of anilines is 1. The van der Waals surface area contributed by atoms with Crippen molar-refractivity contribution in [2.75, 3.05) is 26.0 Å². The zero-order valence-corrected chi connectivity index (χ0v) is 13.3. The Hall–Kier alpha value is -0.870. The van der Waals surface area contributed by atoms with E-state index in [0.29, 0.717) is 17.1 Å². The molecule has 0 aliphatic heterocycles. The van der Waals surface area contributed by atoms with Gasteiger partial charge in [0.15, 0.2) is 0 Å². The highest BCUT2D eigenvalue weighted by Crippen LogP contribution is 2.16. The summed E-state index contributed by atoms with van der Waals surface area (Å²) < 4.78 is 0. The third-order valence-corrected chi connectivity index (χ3v) is 3.11. The Morgan fingerprint density at radius 2 is 2.00 bits per heavy atom. The van der Waals surface area contributed by atoms with E-state index in [9.17, 15) is 0 Å². The van der Waals surface area contributed by atoms with Crippen LogP contribution in [-0.4, -0.2) is 41.5 Å². The number of halogens is 1. The predicted molar refractivity (Wildman–Crippen MR) is 81.8 cm³/mol. The molecule has 1 atom stereocenters. The van der Waals surface area contributed by atoms with Gasteiger partial charge in [-0.1, -0.05) is 32.4 Å². The monoisotopic (exact) mass is 284 g/mol. The lowest BCUT2D eigenvalue weighted by Gasteiger charge is -2.26. The average Bonchev–Trinajstić information content (AvgIpc) is 2.27. The number of nitrogens with one attached hydrogen (secondary N) is 1. The van der Waals surface area contributed by atoms with Gasteiger partial charge in [-0.05, 0) is 26.4 Å². The lowest BCUT2D eigenvalue weighted by atomic mass is 10.0. The Labute approximate surface area is 121 Å². The maximum absolute atomic E-state index is 6.05. The quantitative estimate of drug-likeness (QED) is 0.781. The first-order valence-corrected chi connectivity index (χ1v) is 7.24. The molecule has 0 saturated carbocycles. The van der Waals surface area contributed by atoms with Gasteiger partial charge in [-0.2, -0.15) is 0 Å². The van der Waals surface area contributed by atoms with Gasteiger partial charge in [-0.25, -0.2) is 9.97 Å². The van der Waals surface area contributed by atoms with Crippen LogP contribution in [0.1, 0.15) is 33.0 Å². The van der Waals surface area contributed by atoms with E-state index in [0.717, 1.165) is 31.0 Å². The van der Waals surface area contributed by atoms with Gasteiger partial charge in [0.05, 0.1) is 0 Å². The predicted octanol–water partition coefficient (Wildman–Crippen LogP) is 3.08. The van der Waals surface area contributed by atoms with E-state index in [1.165, 1.54) is 0 Å². The number of hydrogen-bond donors (Lipinski definition) is 1. The van der Waals surface area contributed by atoms with Crippen LogP contribution in [0.3, 0.4) is 0 Å². The standard InChI is InChI=1S/C14H25ClN4/c1-6-7-13-17-12(15)8-14(18-13)16-11(10(2)3)9-19(4)5/h8,10-11H,6-7,9H2,1-5H3,(H,16,17,18). The van der Waals surface area contributed by atoms with E-state index in [2.05, 4.69) is 55.1 Å². The Bertz CT molecular complexity index is 393. The Morgan fingerprint density at radius 1 is 1.32 bits per heavy atom. The second-order valence-corrected chi connectivity index (χ2v) is 5.89. The number of aryl methyl sites for hydroxylation is 1. The molecular formula is C14H25ClN4. The van der Waals surface area contributed by atoms with Crippen molar-refractivity contribution in [1.29, 1.82) is 0 Å². The highest BCUT2D eigenvalue weighted by atomic mass is 35.5. The van der Waals surface area contributed by atoms with Crippen molar-refractivity contribution in [2.45, 2.75) is 39.7 Å². The average molecular weight is 285 g/mol. The van der Waals surface area contributed by atoms with Gasteiger partial charge in [0.2, 0.25) is 0 Å². The Balaban J connectivity index is 2.83. The lowest BCUT2D eigenvalue weighted by molar-refractivity contribution is 0.344. The van der Waals surface area contributed by atoms with E-state index >= 15 is 0 Å². The lowest BCUT2D eigenvalue weighted by Crippen LogP contribution is -2.36. The Morgan fingerprint density at radius 3 is 2.53 bits per heavy atom. The highest BCUT2D eigenvalue weighted by Gasteiger charge is 2.15. The second-order valence-electron chi connectivity index (χ2n) is 5.50. The van der Waals surface area contributed by atoms with Crippen molar-refractivity contribution < 1.29 is 0 Å². The summed E-state index contributed by atoms with van der Waals surface area (Å²) in [5.74, 6) is 2.15. The summed E-state index contributed by atoms with van der Waals surface area (Å²) in [5.41, 5.74) is 0. The molecule has 1 heterocycles. The number of likely N-dealkylation sites (N-methyl/N-ethyl adjacent to an activating group) is 1. The van der Waals surface area contributed by atoms with Gasteiger partial charge < -0.3 is 10.2 Å². The number of aromatic nitrogens is 2. The summed E-state index contributed by atoms with van der Waals surface area (Å²) >= 11 is 6.05. The summed E-state index contributed by atoms with van der Waals surface area (Å²) in [4.78, 5) is 10.9. The van der Waals surface area contributed by atoms with Crippen molar-refractivity contribution in [1.82, 2.24) is 14.9 Å². The van der Waals surface area contributed by atoms with Gasteiger partial charge in [-0.15, -0.1) is 0 Å². The SMILES string of the molecule is CCCc1nc(Cl)cc(NC(CN(C)C)C(C)C)n1. The van der Waals surface area contributed by atoms with Gasteiger partial charge in [0.1, 0.15) is 16.8 Å². The third-order valence-electron chi connectivity index (χ3n) is 2.91. The van der Waals surface area contributed by atoms with Crippen LogP contribution in [0.5, 0.6) is 0 Å². The zero-order valence-electron chi connectivity index (χ0n) is 12.6. The molecule has 4 nitrogen and oxygen atoms in total. The molecular weight excluding hydrogens is 260 g/mol. The minimum atomic E-state index is 0.343. The molecule has 0 fully saturated rings. The molecule has 0 spiro atoms. The summed E-state index contributed by atoms with van der Waals surface area (Å²) in [5, 5.41) is 3.98. The zero-order chi connectivity index (χ0) is 14.4. The largest absolute Gasteiger partial charge is 0.366 e. The fraction of sp³-hybridized carbons (Fsp3) is 0.714. The molecule has 0 aliphatic rings. The smallest absolute Gasteiger partial charge is 0.134 e. The molecule has 1 N–H and O–H groups in total. The minimum Gasteiger partial charge on any atom is -0.366 e. The molecule has 0 aliphatic carbocycles. The topological polar surface area (TPSA) is 41.1 Å². The van der Waals surface area contributed by atoms with Crippen LogP contribution in [-0.2, 0) is 6.42 Å². The molecule has 0 bridgehead atoms. The maximum atomic E-state index is 6.05. The van der Waals surface area contributed by atoms with E-state index in [1.807, 2.05) is 0 Å². The minimum absolute atomic E-state index is 0.343. The van der Waals surface area contributed by atoms with E-state index in [4.69, 9.17) is 11.6 Å². The van der Waals surface area contributed by atoms with Crippen LogP contribution in [0.25, 0.3) is 0 Å². The fourth-order valence-corrected chi connectivity index (χ4v) is 2.08. The van der Waals surface area contributed by atoms with E-state index < -0.39 is 0 Å². The molecule has 1 unspecified atom stereocenters. The van der Waals surface area contributed by atoms with Crippen LogP contribution in [0.15, 0.2) is 6.07 Å². The van der Waals surface area contributed by atoms with Crippen LogP contribution in [0.4, 0.5) is 5.82 Å². The van der Waals surface area contributed by atoms with Crippen LogP contribution in [0, 0.1) is 5.92 Å². The van der Waals surface area contributed by atoms with Crippen LogP contribution >= 0.6 is 11.6 Å². The van der Waals surface area contributed by atoms with Gasteiger partial charge >= 0.3 is 0 Å². The summed E-state index contributed by atoms with van der Waals surface area (Å²) in [6.45, 7) is 7.48. The molecule has 19 heavy (non-hydrogen) atoms. The molecule has 0 radical (unpaired) electrons. The molecule has 108 valence electrons. The second kappa shape index (κ2) is 7.65. The number of nitrogens with zero attached hydrogens (tertiary/aromatic N) is 3. The summed E-state index contributed by atoms with van der Waals surface area (Å²) in [7, 11) is 4.15. The molecule has 1 aromatic rings. The fourth-order valence-electron chi connectivity index (χ4n) is 1.88. The van der Waals surface area contributed by atoms with Crippen molar-refractivity contribution in [3.05, 3.63) is 17.0 Å². The third kappa shape index (κ3) is 5.74. The molecule has 0 saturated heterocycles. The first-order valence-electron chi connectivity index (χ1n) is 6.87. The number of hydrogen-bond acceptors (Lipinski definition) is 4. The normalized spacial score (nSPS) is 13.1. The number of rotatable bonds is 7.